The molecule has 0 aromatic carbocycles. The Morgan fingerprint density at radius 2 is 2.33 bits per heavy atom. The number of rotatable bonds is 5. The van der Waals surface area contributed by atoms with Crippen LogP contribution in [0.5, 0.6) is 0 Å². The smallest absolute Gasteiger partial charge is 0.395 e. The zero-order chi connectivity index (χ0) is 13.1. The van der Waals surface area contributed by atoms with Crippen LogP contribution in [0, 0.1) is 10.1 Å². The molecule has 7 nitrogen and oxygen atoms in total. The Balaban J connectivity index is 2.13. The first-order chi connectivity index (χ1) is 8.63. The van der Waals surface area contributed by atoms with E-state index in [1.54, 1.807) is 4.90 Å². The van der Waals surface area contributed by atoms with Gasteiger partial charge < -0.3 is 14.6 Å². The Bertz CT molecular complexity index is 453. The van der Waals surface area contributed by atoms with Gasteiger partial charge in [-0.1, -0.05) is 6.92 Å². The van der Waals surface area contributed by atoms with Gasteiger partial charge in [-0.05, 0) is 12.5 Å². The number of amides is 1. The summed E-state index contributed by atoms with van der Waals surface area (Å²) in [6.07, 6.45) is 0.838. The van der Waals surface area contributed by atoms with E-state index in [-0.39, 0.29) is 17.7 Å². The summed E-state index contributed by atoms with van der Waals surface area (Å²) in [4.78, 5) is 23.8. The molecule has 1 fully saturated rings. The molecule has 1 aromatic heterocycles. The highest BCUT2D eigenvalue weighted by atomic mass is 16.6. The van der Waals surface area contributed by atoms with Crippen molar-refractivity contribution >= 4 is 11.8 Å². The number of hydrogen-bond donors (Lipinski definition) is 1. The van der Waals surface area contributed by atoms with Gasteiger partial charge in [0.2, 0.25) is 0 Å². The minimum atomic E-state index is -0.647. The maximum atomic E-state index is 12.2. The predicted molar refractivity (Wildman–Crippen MR) is 63.3 cm³/mol. The van der Waals surface area contributed by atoms with Crippen LogP contribution in [0.2, 0.25) is 0 Å². The fourth-order valence-corrected chi connectivity index (χ4v) is 1.87. The van der Waals surface area contributed by atoms with E-state index in [9.17, 15) is 14.9 Å². The number of carbonyl (C=O) groups excluding carboxylic acids is 1. The second-order valence-electron chi connectivity index (χ2n) is 4.21. The molecule has 1 saturated heterocycles. The second kappa shape index (κ2) is 5.18. The Hall–Kier alpha value is -1.89. The Morgan fingerprint density at radius 3 is 2.78 bits per heavy atom. The van der Waals surface area contributed by atoms with Crippen LogP contribution in [-0.2, 0) is 0 Å². The molecular formula is C11H15N3O4. The predicted octanol–water partition coefficient (Wildman–Crippen LogP) is 1.01. The van der Waals surface area contributed by atoms with E-state index in [2.05, 4.69) is 5.32 Å². The zero-order valence-corrected chi connectivity index (χ0v) is 10.1. The molecule has 18 heavy (non-hydrogen) atoms. The zero-order valence-electron chi connectivity index (χ0n) is 10.1. The average molecular weight is 253 g/mol. The molecule has 0 atom stereocenters. The van der Waals surface area contributed by atoms with Crippen molar-refractivity contribution in [1.82, 2.24) is 10.2 Å². The number of hydrogen-bond acceptors (Lipinski definition) is 5. The molecule has 0 unspecified atom stereocenters. The maximum absolute atomic E-state index is 12.2. The summed E-state index contributed by atoms with van der Waals surface area (Å²) in [5.41, 5.74) is 0. The van der Waals surface area contributed by atoms with Crippen molar-refractivity contribution in [1.29, 1.82) is 0 Å². The number of nitro groups is 1. The highest BCUT2D eigenvalue weighted by Gasteiger charge is 2.30. The average Bonchev–Trinajstić information content (AvgIpc) is 2.74. The van der Waals surface area contributed by atoms with Crippen LogP contribution >= 0.6 is 0 Å². The quantitative estimate of drug-likeness (QED) is 0.625. The lowest BCUT2D eigenvalue weighted by Gasteiger charge is -2.37. The molecule has 7 heteroatoms. The van der Waals surface area contributed by atoms with Gasteiger partial charge in [0.15, 0.2) is 5.76 Å². The molecule has 0 saturated carbocycles. The first-order valence-corrected chi connectivity index (χ1v) is 5.89. The van der Waals surface area contributed by atoms with Gasteiger partial charge in [-0.3, -0.25) is 14.9 Å². The highest BCUT2D eigenvalue weighted by molar-refractivity contribution is 5.92. The SMILES string of the molecule is CCCN(C(=O)c1ccc([N+](=O)[O-])o1)C1CNC1. The molecular weight excluding hydrogens is 238 g/mol. The van der Waals surface area contributed by atoms with E-state index >= 15 is 0 Å². The maximum Gasteiger partial charge on any atom is 0.433 e. The third-order valence-electron chi connectivity index (χ3n) is 2.91. The minimum absolute atomic E-state index is 0.0297. The Kier molecular flexibility index (Phi) is 3.61. The van der Waals surface area contributed by atoms with Crippen molar-refractivity contribution in [2.75, 3.05) is 19.6 Å². The van der Waals surface area contributed by atoms with Gasteiger partial charge in [0, 0.05) is 19.6 Å². The van der Waals surface area contributed by atoms with Gasteiger partial charge in [-0.15, -0.1) is 0 Å². The molecule has 98 valence electrons. The van der Waals surface area contributed by atoms with E-state index in [4.69, 9.17) is 4.42 Å². The molecule has 0 spiro atoms. The summed E-state index contributed by atoms with van der Waals surface area (Å²) >= 11 is 0. The number of nitrogens with zero attached hydrogens (tertiary/aromatic N) is 2. The standard InChI is InChI=1S/C11H15N3O4/c1-2-5-13(8-6-12-7-8)11(15)9-3-4-10(18-9)14(16)17/h3-4,8,12H,2,5-7H2,1H3. The van der Waals surface area contributed by atoms with Gasteiger partial charge in [-0.2, -0.15) is 0 Å². The number of nitrogens with one attached hydrogen (secondary N) is 1. The van der Waals surface area contributed by atoms with Gasteiger partial charge in [0.25, 0.3) is 5.91 Å². The second-order valence-corrected chi connectivity index (χ2v) is 4.21. The number of furan rings is 1. The first kappa shape index (κ1) is 12.6. The molecule has 1 amide bonds. The summed E-state index contributed by atoms with van der Waals surface area (Å²) in [5.74, 6) is -0.653. The Labute approximate surface area is 104 Å². The van der Waals surface area contributed by atoms with Crippen molar-refractivity contribution < 1.29 is 14.1 Å². The summed E-state index contributed by atoms with van der Waals surface area (Å²) in [7, 11) is 0. The third kappa shape index (κ3) is 2.35. The van der Waals surface area contributed by atoms with Crippen molar-refractivity contribution in [3.8, 4) is 0 Å². The summed E-state index contributed by atoms with van der Waals surface area (Å²) in [5, 5.41) is 13.6. The van der Waals surface area contributed by atoms with Gasteiger partial charge in [0.05, 0.1) is 12.1 Å². The minimum Gasteiger partial charge on any atom is -0.395 e. The molecule has 1 aromatic rings. The third-order valence-corrected chi connectivity index (χ3v) is 2.91. The topological polar surface area (TPSA) is 88.6 Å². The fourth-order valence-electron chi connectivity index (χ4n) is 1.87. The lowest BCUT2D eigenvalue weighted by molar-refractivity contribution is -0.402. The fraction of sp³-hybridized carbons (Fsp3) is 0.545. The molecule has 1 aliphatic heterocycles. The van der Waals surface area contributed by atoms with Gasteiger partial charge >= 0.3 is 5.88 Å². The first-order valence-electron chi connectivity index (χ1n) is 5.89. The van der Waals surface area contributed by atoms with Crippen molar-refractivity contribution in [3.05, 3.63) is 28.0 Å². The van der Waals surface area contributed by atoms with E-state index in [1.165, 1.54) is 12.1 Å². The van der Waals surface area contributed by atoms with E-state index in [0.29, 0.717) is 6.54 Å². The molecule has 2 rings (SSSR count). The summed E-state index contributed by atoms with van der Waals surface area (Å²) in [6.45, 7) is 4.12. The highest BCUT2D eigenvalue weighted by Crippen LogP contribution is 2.19. The molecule has 1 aliphatic rings. The Morgan fingerprint density at radius 1 is 1.61 bits per heavy atom. The molecule has 2 heterocycles. The van der Waals surface area contributed by atoms with Crippen LogP contribution in [0.3, 0.4) is 0 Å². The van der Waals surface area contributed by atoms with Gasteiger partial charge in [0.1, 0.15) is 4.92 Å². The number of carbonyl (C=O) groups is 1. The van der Waals surface area contributed by atoms with Crippen LogP contribution < -0.4 is 5.32 Å². The summed E-state index contributed by atoms with van der Waals surface area (Å²) in [6, 6.07) is 2.72. The molecule has 1 N–H and O–H groups in total. The van der Waals surface area contributed by atoms with E-state index < -0.39 is 10.8 Å². The van der Waals surface area contributed by atoms with Crippen LogP contribution in [0.25, 0.3) is 0 Å². The lowest BCUT2D eigenvalue weighted by Crippen LogP contribution is -2.59. The van der Waals surface area contributed by atoms with Crippen molar-refractivity contribution in [2.24, 2.45) is 0 Å². The van der Waals surface area contributed by atoms with E-state index in [1.807, 2.05) is 6.92 Å². The van der Waals surface area contributed by atoms with Gasteiger partial charge in [-0.25, -0.2) is 0 Å². The van der Waals surface area contributed by atoms with Crippen molar-refractivity contribution in [3.63, 3.8) is 0 Å². The summed E-state index contributed by atoms with van der Waals surface area (Å²) < 4.78 is 4.94. The van der Waals surface area contributed by atoms with E-state index in [0.717, 1.165) is 19.5 Å². The molecule has 0 radical (unpaired) electrons. The van der Waals surface area contributed by atoms with Crippen LogP contribution in [0.4, 0.5) is 5.88 Å². The van der Waals surface area contributed by atoms with Crippen LogP contribution in [0.1, 0.15) is 23.9 Å². The monoisotopic (exact) mass is 253 g/mol. The largest absolute Gasteiger partial charge is 0.433 e. The van der Waals surface area contributed by atoms with Crippen LogP contribution in [0.15, 0.2) is 16.5 Å². The molecule has 0 bridgehead atoms. The molecule has 0 aliphatic carbocycles. The van der Waals surface area contributed by atoms with Crippen LogP contribution in [-0.4, -0.2) is 41.4 Å². The van der Waals surface area contributed by atoms with Crippen molar-refractivity contribution in [2.45, 2.75) is 19.4 Å². The lowest BCUT2D eigenvalue weighted by atomic mass is 10.1. The normalized spacial score (nSPS) is 15.2.